The fraction of sp³-hybridized carbons (Fsp3) is 0.375. The minimum Gasteiger partial charge on any atom is -0.384 e. The lowest BCUT2D eigenvalue weighted by Gasteiger charge is -2.07. The molecule has 0 spiro atoms. The van der Waals surface area contributed by atoms with Crippen molar-refractivity contribution in [1.29, 1.82) is 0 Å². The van der Waals surface area contributed by atoms with Gasteiger partial charge in [-0.15, -0.1) is 11.3 Å². The van der Waals surface area contributed by atoms with Crippen LogP contribution in [0.15, 0.2) is 28.1 Å². The van der Waals surface area contributed by atoms with E-state index in [0.717, 1.165) is 10.6 Å². The van der Waals surface area contributed by atoms with Crippen molar-refractivity contribution in [2.24, 2.45) is 7.05 Å². The van der Waals surface area contributed by atoms with Crippen LogP contribution in [-0.4, -0.2) is 39.5 Å². The maximum Gasteiger partial charge on any atom is 0.272 e. The molecule has 3 rings (SSSR count). The van der Waals surface area contributed by atoms with E-state index < -0.39 is 6.04 Å². The number of aromatic nitrogens is 4. The van der Waals surface area contributed by atoms with Crippen molar-refractivity contribution in [2.45, 2.75) is 19.4 Å². The molecule has 0 aliphatic rings. The summed E-state index contributed by atoms with van der Waals surface area (Å²) in [7, 11) is 3.43. The Balaban J connectivity index is 1.67. The number of thiophene rings is 1. The molecule has 0 fully saturated rings. The zero-order chi connectivity index (χ0) is 17.8. The number of carbonyl (C=O) groups is 1. The van der Waals surface area contributed by atoms with Crippen LogP contribution in [0.2, 0.25) is 0 Å². The molecule has 1 atom stereocenters. The molecule has 1 N–H and O–H groups in total. The van der Waals surface area contributed by atoms with Crippen LogP contribution in [0.3, 0.4) is 0 Å². The van der Waals surface area contributed by atoms with Crippen molar-refractivity contribution in [3.63, 3.8) is 0 Å². The molecule has 132 valence electrons. The summed E-state index contributed by atoms with van der Waals surface area (Å²) in [5.74, 6) is 0.618. The second-order valence-corrected chi connectivity index (χ2v) is 6.45. The first-order valence-electron chi connectivity index (χ1n) is 7.78. The second-order valence-electron chi connectivity index (χ2n) is 5.50. The van der Waals surface area contributed by atoms with E-state index in [9.17, 15) is 4.79 Å². The first-order valence-corrected chi connectivity index (χ1v) is 8.66. The smallest absolute Gasteiger partial charge is 0.272 e. The molecule has 0 aromatic carbocycles. The van der Waals surface area contributed by atoms with E-state index in [0.29, 0.717) is 30.4 Å². The van der Waals surface area contributed by atoms with Gasteiger partial charge in [-0.3, -0.25) is 9.48 Å². The Hall–Kier alpha value is -2.52. The van der Waals surface area contributed by atoms with E-state index in [1.165, 1.54) is 0 Å². The van der Waals surface area contributed by atoms with Gasteiger partial charge < -0.3 is 14.6 Å². The van der Waals surface area contributed by atoms with E-state index in [2.05, 4.69) is 20.6 Å². The third-order valence-corrected chi connectivity index (χ3v) is 4.51. The maximum absolute atomic E-state index is 12.4. The van der Waals surface area contributed by atoms with Gasteiger partial charge in [-0.05, 0) is 24.4 Å². The van der Waals surface area contributed by atoms with E-state index in [4.69, 9.17) is 9.26 Å². The largest absolute Gasteiger partial charge is 0.384 e. The van der Waals surface area contributed by atoms with Crippen LogP contribution >= 0.6 is 11.3 Å². The van der Waals surface area contributed by atoms with Gasteiger partial charge in [0, 0.05) is 20.6 Å². The lowest BCUT2D eigenvalue weighted by Crippen LogP contribution is -2.27. The highest BCUT2D eigenvalue weighted by Gasteiger charge is 2.20. The molecule has 0 bridgehead atoms. The number of methoxy groups -OCH3 is 1. The molecule has 3 heterocycles. The molecule has 0 aliphatic heterocycles. The van der Waals surface area contributed by atoms with Crippen LogP contribution in [0.5, 0.6) is 0 Å². The third kappa shape index (κ3) is 3.94. The quantitative estimate of drug-likeness (QED) is 0.693. The highest BCUT2D eigenvalue weighted by molar-refractivity contribution is 7.13. The number of nitrogens with one attached hydrogen (secondary N) is 1. The summed E-state index contributed by atoms with van der Waals surface area (Å²) in [6.45, 7) is 2.30. The van der Waals surface area contributed by atoms with Crippen LogP contribution in [0, 0.1) is 0 Å². The molecule has 25 heavy (non-hydrogen) atoms. The second kappa shape index (κ2) is 7.58. The Bertz CT molecular complexity index is 840. The SMILES string of the molecule is COCCc1noc([C@@H](C)NC(=O)c2cc(-c3cccs3)n(C)n2)n1. The van der Waals surface area contributed by atoms with Crippen molar-refractivity contribution < 1.29 is 14.1 Å². The number of rotatable bonds is 7. The standard InChI is InChI=1S/C16H19N5O3S/c1-10(16-18-14(20-24-16)6-7-23-3)17-15(22)11-9-12(21(2)19-11)13-5-4-8-25-13/h4-5,8-10H,6-7H2,1-3H3,(H,17,22)/t10-/m1/s1. The Morgan fingerprint density at radius 1 is 1.52 bits per heavy atom. The predicted molar refractivity (Wildman–Crippen MR) is 92.3 cm³/mol. The van der Waals surface area contributed by atoms with Gasteiger partial charge in [-0.2, -0.15) is 10.1 Å². The van der Waals surface area contributed by atoms with E-state index in [1.54, 1.807) is 36.1 Å². The van der Waals surface area contributed by atoms with Crippen molar-refractivity contribution in [1.82, 2.24) is 25.2 Å². The fourth-order valence-electron chi connectivity index (χ4n) is 2.30. The molecule has 9 heteroatoms. The normalized spacial score (nSPS) is 12.3. The lowest BCUT2D eigenvalue weighted by atomic mass is 10.2. The Labute approximate surface area is 148 Å². The Kier molecular flexibility index (Phi) is 5.25. The molecule has 3 aromatic heterocycles. The van der Waals surface area contributed by atoms with Crippen molar-refractivity contribution >= 4 is 17.2 Å². The van der Waals surface area contributed by atoms with Gasteiger partial charge in [0.15, 0.2) is 11.5 Å². The third-order valence-electron chi connectivity index (χ3n) is 3.62. The molecular formula is C16H19N5O3S. The summed E-state index contributed by atoms with van der Waals surface area (Å²) in [4.78, 5) is 17.8. The van der Waals surface area contributed by atoms with Crippen molar-refractivity contribution in [2.75, 3.05) is 13.7 Å². The first kappa shape index (κ1) is 17.3. The molecule has 0 radical (unpaired) electrons. The van der Waals surface area contributed by atoms with Crippen LogP contribution in [0.1, 0.15) is 35.2 Å². The maximum atomic E-state index is 12.4. The summed E-state index contributed by atoms with van der Waals surface area (Å²) < 4.78 is 11.9. The Morgan fingerprint density at radius 2 is 2.36 bits per heavy atom. The number of aryl methyl sites for hydroxylation is 1. The highest BCUT2D eigenvalue weighted by Crippen LogP contribution is 2.25. The molecule has 8 nitrogen and oxygen atoms in total. The van der Waals surface area contributed by atoms with Gasteiger partial charge in [0.1, 0.15) is 6.04 Å². The van der Waals surface area contributed by atoms with Crippen molar-refractivity contribution in [3.8, 4) is 10.6 Å². The first-order chi connectivity index (χ1) is 12.1. The summed E-state index contributed by atoms with van der Waals surface area (Å²) in [6, 6.07) is 5.31. The molecule has 1 amide bonds. The van der Waals surface area contributed by atoms with Gasteiger partial charge in [0.2, 0.25) is 5.89 Å². The number of amides is 1. The Morgan fingerprint density at radius 3 is 3.08 bits per heavy atom. The average molecular weight is 361 g/mol. The number of nitrogens with zero attached hydrogens (tertiary/aromatic N) is 4. The monoisotopic (exact) mass is 361 g/mol. The van der Waals surface area contributed by atoms with Crippen LogP contribution in [0.4, 0.5) is 0 Å². The fourth-order valence-corrected chi connectivity index (χ4v) is 3.08. The summed E-state index contributed by atoms with van der Waals surface area (Å²) in [5.41, 5.74) is 1.24. The van der Waals surface area contributed by atoms with Crippen LogP contribution in [-0.2, 0) is 18.2 Å². The number of hydrogen-bond donors (Lipinski definition) is 1. The predicted octanol–water partition coefficient (Wildman–Crippen LogP) is 2.21. The molecular weight excluding hydrogens is 342 g/mol. The van der Waals surface area contributed by atoms with E-state index in [1.807, 2.05) is 24.6 Å². The van der Waals surface area contributed by atoms with Crippen LogP contribution < -0.4 is 5.32 Å². The van der Waals surface area contributed by atoms with E-state index in [-0.39, 0.29) is 5.91 Å². The zero-order valence-electron chi connectivity index (χ0n) is 14.2. The van der Waals surface area contributed by atoms with Gasteiger partial charge >= 0.3 is 0 Å². The topological polar surface area (TPSA) is 95.1 Å². The van der Waals surface area contributed by atoms with E-state index >= 15 is 0 Å². The minimum absolute atomic E-state index is 0.289. The lowest BCUT2D eigenvalue weighted by molar-refractivity contribution is 0.0926. The van der Waals surface area contributed by atoms with Crippen LogP contribution in [0.25, 0.3) is 10.6 Å². The minimum atomic E-state index is -0.413. The summed E-state index contributed by atoms with van der Waals surface area (Å²) >= 11 is 1.60. The average Bonchev–Trinajstić information content (AvgIpc) is 3.33. The van der Waals surface area contributed by atoms with Gasteiger partial charge in [0.05, 0.1) is 17.2 Å². The number of carbonyl (C=O) groups excluding carboxylic acids is 1. The zero-order valence-corrected chi connectivity index (χ0v) is 15.0. The summed E-state index contributed by atoms with van der Waals surface area (Å²) in [6.07, 6.45) is 0.561. The molecule has 0 saturated heterocycles. The molecule has 0 unspecified atom stereocenters. The van der Waals surface area contributed by atoms with Crippen molar-refractivity contribution in [3.05, 3.63) is 41.0 Å². The molecule has 0 saturated carbocycles. The molecule has 3 aromatic rings. The number of hydrogen-bond acceptors (Lipinski definition) is 7. The van der Waals surface area contributed by atoms with Gasteiger partial charge in [0.25, 0.3) is 5.91 Å². The van der Waals surface area contributed by atoms with Gasteiger partial charge in [-0.1, -0.05) is 11.2 Å². The summed E-state index contributed by atoms with van der Waals surface area (Å²) in [5, 5.41) is 13.0. The molecule has 0 aliphatic carbocycles. The highest BCUT2D eigenvalue weighted by atomic mass is 32.1. The number of ether oxygens (including phenoxy) is 1. The van der Waals surface area contributed by atoms with Gasteiger partial charge in [-0.25, -0.2) is 0 Å².